The maximum absolute atomic E-state index is 4.82. The third-order valence-corrected chi connectivity index (χ3v) is 4.69. The Balaban J connectivity index is 1.75. The average Bonchev–Trinajstić information content (AvgIpc) is 2.87. The summed E-state index contributed by atoms with van der Waals surface area (Å²) >= 11 is 1.88. The second kappa shape index (κ2) is 8.35. The van der Waals surface area contributed by atoms with E-state index in [1.54, 1.807) is 0 Å². The summed E-state index contributed by atoms with van der Waals surface area (Å²) in [5.74, 6) is 1.11. The zero-order valence-electron chi connectivity index (χ0n) is 12.6. The highest BCUT2D eigenvalue weighted by Gasteiger charge is 2.19. The van der Waals surface area contributed by atoms with Gasteiger partial charge in [-0.2, -0.15) is 0 Å². The van der Waals surface area contributed by atoms with E-state index in [9.17, 15) is 0 Å². The monoisotopic (exact) mass is 290 g/mol. The van der Waals surface area contributed by atoms with Gasteiger partial charge in [0.2, 0.25) is 0 Å². The SMILES string of the molecule is CCCCCC(C)NC1=NC(Cc2ccccc2)CS1. The number of hydrogen-bond donors (Lipinski definition) is 1. The maximum Gasteiger partial charge on any atom is 0.157 e. The van der Waals surface area contributed by atoms with Crippen molar-refractivity contribution in [2.75, 3.05) is 5.75 Å². The first-order chi connectivity index (χ1) is 9.78. The van der Waals surface area contributed by atoms with Gasteiger partial charge in [0.05, 0.1) is 6.04 Å². The first-order valence-corrected chi connectivity index (χ1v) is 8.77. The van der Waals surface area contributed by atoms with Crippen LogP contribution < -0.4 is 5.32 Å². The standard InChI is InChI=1S/C17H26N2S/c1-3-4-6-9-14(2)18-17-19-16(13-20-17)12-15-10-7-5-8-11-15/h5,7-8,10-11,14,16H,3-4,6,9,12-13H2,1-2H3,(H,18,19). The molecule has 0 saturated carbocycles. The van der Waals surface area contributed by atoms with Crippen molar-refractivity contribution in [2.45, 2.75) is 58.0 Å². The molecule has 0 saturated heterocycles. The fraction of sp³-hybridized carbons (Fsp3) is 0.588. The zero-order chi connectivity index (χ0) is 14.2. The number of benzene rings is 1. The van der Waals surface area contributed by atoms with Crippen LogP contribution in [-0.4, -0.2) is 23.0 Å². The lowest BCUT2D eigenvalue weighted by Gasteiger charge is -2.13. The van der Waals surface area contributed by atoms with E-state index in [0.29, 0.717) is 12.1 Å². The normalized spacial score (nSPS) is 19.7. The largest absolute Gasteiger partial charge is 0.362 e. The molecule has 0 aromatic heterocycles. The molecule has 1 heterocycles. The van der Waals surface area contributed by atoms with Crippen LogP contribution in [0.25, 0.3) is 0 Å². The first-order valence-electron chi connectivity index (χ1n) is 7.79. The van der Waals surface area contributed by atoms with E-state index in [2.05, 4.69) is 49.5 Å². The Labute approximate surface area is 127 Å². The molecule has 110 valence electrons. The van der Waals surface area contributed by atoms with E-state index in [4.69, 9.17) is 4.99 Å². The Hall–Kier alpha value is -0.960. The Bertz CT molecular complexity index is 416. The lowest BCUT2D eigenvalue weighted by atomic mass is 10.1. The summed E-state index contributed by atoms with van der Waals surface area (Å²) in [4.78, 5) is 4.82. The van der Waals surface area contributed by atoms with Crippen LogP contribution in [0.15, 0.2) is 35.3 Å². The summed E-state index contributed by atoms with van der Waals surface area (Å²) in [5, 5.41) is 4.71. The van der Waals surface area contributed by atoms with Crippen LogP contribution in [0, 0.1) is 0 Å². The number of rotatable bonds is 7. The molecule has 0 radical (unpaired) electrons. The molecule has 2 atom stereocenters. The minimum absolute atomic E-state index is 0.438. The molecule has 20 heavy (non-hydrogen) atoms. The van der Waals surface area contributed by atoms with Crippen molar-refractivity contribution >= 4 is 16.9 Å². The van der Waals surface area contributed by atoms with Crippen LogP contribution >= 0.6 is 11.8 Å². The second-order valence-electron chi connectivity index (χ2n) is 5.63. The van der Waals surface area contributed by atoms with Gasteiger partial charge in [0, 0.05) is 11.8 Å². The number of unbranched alkanes of at least 4 members (excludes halogenated alkanes) is 2. The van der Waals surface area contributed by atoms with Crippen molar-refractivity contribution in [3.8, 4) is 0 Å². The predicted octanol–water partition coefficient (Wildman–Crippen LogP) is 4.26. The van der Waals surface area contributed by atoms with Crippen molar-refractivity contribution in [3.05, 3.63) is 35.9 Å². The van der Waals surface area contributed by atoms with Gasteiger partial charge in [-0.15, -0.1) is 0 Å². The molecule has 3 heteroatoms. The smallest absolute Gasteiger partial charge is 0.157 e. The van der Waals surface area contributed by atoms with Crippen LogP contribution in [0.1, 0.15) is 45.1 Å². The number of aliphatic imine (C=N–C) groups is 1. The molecule has 0 aliphatic carbocycles. The first kappa shape index (κ1) is 15.4. The minimum atomic E-state index is 0.438. The highest BCUT2D eigenvalue weighted by molar-refractivity contribution is 8.14. The van der Waals surface area contributed by atoms with Crippen molar-refractivity contribution in [3.63, 3.8) is 0 Å². The fourth-order valence-electron chi connectivity index (χ4n) is 2.47. The minimum Gasteiger partial charge on any atom is -0.362 e. The van der Waals surface area contributed by atoms with Gasteiger partial charge in [-0.05, 0) is 25.3 Å². The number of thioether (sulfide) groups is 1. The molecule has 0 amide bonds. The van der Waals surface area contributed by atoms with Gasteiger partial charge in [0.1, 0.15) is 0 Å². The summed E-state index contributed by atoms with van der Waals surface area (Å²) in [6, 6.07) is 11.7. The lowest BCUT2D eigenvalue weighted by Crippen LogP contribution is -2.29. The summed E-state index contributed by atoms with van der Waals surface area (Å²) in [6.45, 7) is 4.52. The zero-order valence-corrected chi connectivity index (χ0v) is 13.5. The molecule has 0 spiro atoms. The predicted molar refractivity (Wildman–Crippen MR) is 90.6 cm³/mol. The van der Waals surface area contributed by atoms with Crippen LogP contribution in [0.2, 0.25) is 0 Å². The van der Waals surface area contributed by atoms with Crippen LogP contribution in [0.3, 0.4) is 0 Å². The Morgan fingerprint density at radius 1 is 1.30 bits per heavy atom. The van der Waals surface area contributed by atoms with E-state index >= 15 is 0 Å². The topological polar surface area (TPSA) is 24.4 Å². The third-order valence-electron chi connectivity index (χ3n) is 3.64. The third kappa shape index (κ3) is 5.20. The van der Waals surface area contributed by atoms with Gasteiger partial charge in [-0.1, -0.05) is 68.3 Å². The lowest BCUT2D eigenvalue weighted by molar-refractivity contribution is 0.556. The number of hydrogen-bond acceptors (Lipinski definition) is 3. The molecule has 1 aromatic rings. The van der Waals surface area contributed by atoms with E-state index in [0.717, 1.165) is 17.3 Å². The Morgan fingerprint density at radius 3 is 2.85 bits per heavy atom. The highest BCUT2D eigenvalue weighted by Crippen LogP contribution is 2.20. The van der Waals surface area contributed by atoms with E-state index in [1.165, 1.54) is 31.2 Å². The van der Waals surface area contributed by atoms with Gasteiger partial charge in [0.15, 0.2) is 5.17 Å². The summed E-state index contributed by atoms with van der Waals surface area (Å²) in [5.41, 5.74) is 1.39. The quantitative estimate of drug-likeness (QED) is 0.759. The molecule has 0 bridgehead atoms. The van der Waals surface area contributed by atoms with Crippen molar-refractivity contribution in [2.24, 2.45) is 4.99 Å². The van der Waals surface area contributed by atoms with Crippen molar-refractivity contribution in [1.29, 1.82) is 0 Å². The van der Waals surface area contributed by atoms with Crippen LogP contribution in [0.4, 0.5) is 0 Å². The summed E-state index contributed by atoms with van der Waals surface area (Å²) in [6.07, 6.45) is 6.25. The molecule has 0 fully saturated rings. The van der Waals surface area contributed by atoms with Crippen LogP contribution in [0.5, 0.6) is 0 Å². The highest BCUT2D eigenvalue weighted by atomic mass is 32.2. The fourth-order valence-corrected chi connectivity index (χ4v) is 3.52. The van der Waals surface area contributed by atoms with Gasteiger partial charge in [-0.3, -0.25) is 4.99 Å². The number of nitrogens with one attached hydrogen (secondary N) is 1. The van der Waals surface area contributed by atoms with Crippen LogP contribution in [-0.2, 0) is 6.42 Å². The molecule has 1 aromatic carbocycles. The molecule has 2 nitrogen and oxygen atoms in total. The Morgan fingerprint density at radius 2 is 2.10 bits per heavy atom. The molecule has 2 unspecified atom stereocenters. The molecule has 2 rings (SSSR count). The van der Waals surface area contributed by atoms with E-state index < -0.39 is 0 Å². The molecule has 1 aliphatic rings. The summed E-state index contributed by atoms with van der Waals surface area (Å²) < 4.78 is 0. The number of amidine groups is 1. The second-order valence-corrected chi connectivity index (χ2v) is 6.64. The van der Waals surface area contributed by atoms with E-state index in [1.807, 2.05) is 11.8 Å². The van der Waals surface area contributed by atoms with Gasteiger partial charge in [-0.25, -0.2) is 0 Å². The Kier molecular flexibility index (Phi) is 6.44. The molecule has 1 aliphatic heterocycles. The van der Waals surface area contributed by atoms with Gasteiger partial charge < -0.3 is 5.32 Å². The van der Waals surface area contributed by atoms with Gasteiger partial charge in [0.25, 0.3) is 0 Å². The average molecular weight is 290 g/mol. The van der Waals surface area contributed by atoms with E-state index in [-0.39, 0.29) is 0 Å². The maximum atomic E-state index is 4.82. The van der Waals surface area contributed by atoms with Crippen molar-refractivity contribution < 1.29 is 0 Å². The van der Waals surface area contributed by atoms with Crippen molar-refractivity contribution in [1.82, 2.24) is 5.32 Å². The molecule has 1 N–H and O–H groups in total. The molecular weight excluding hydrogens is 264 g/mol. The number of nitrogens with zero attached hydrogens (tertiary/aromatic N) is 1. The molecular formula is C17H26N2S. The summed E-state index contributed by atoms with van der Waals surface area (Å²) in [7, 11) is 0. The van der Waals surface area contributed by atoms with Gasteiger partial charge >= 0.3 is 0 Å².